The lowest BCUT2D eigenvalue weighted by Gasteiger charge is -2.16. The highest BCUT2D eigenvalue weighted by atomic mass is 16.2. The van der Waals surface area contributed by atoms with Crippen molar-refractivity contribution < 1.29 is 4.79 Å². The number of rotatable bonds is 7. The van der Waals surface area contributed by atoms with E-state index < -0.39 is 0 Å². The smallest absolute Gasteiger partial charge is 0.319 e. The van der Waals surface area contributed by atoms with Crippen LogP contribution in [-0.2, 0) is 13.1 Å². The summed E-state index contributed by atoms with van der Waals surface area (Å²) in [6.45, 7) is 17.8. The highest BCUT2D eigenvalue weighted by Gasteiger charge is 2.23. The Bertz CT molecular complexity index is 666. The molecule has 2 heterocycles. The molecule has 1 aliphatic heterocycles. The molecule has 1 aliphatic rings. The van der Waals surface area contributed by atoms with Crippen LogP contribution in [0, 0.1) is 0 Å². The van der Waals surface area contributed by atoms with Crippen molar-refractivity contribution in [3.05, 3.63) is 78.3 Å². The first-order chi connectivity index (χ1) is 12.5. The van der Waals surface area contributed by atoms with E-state index in [0.717, 1.165) is 35.4 Å². The van der Waals surface area contributed by atoms with E-state index in [1.54, 1.807) is 17.2 Å². The summed E-state index contributed by atoms with van der Waals surface area (Å²) in [5.74, 6) is 0. The quantitative estimate of drug-likeness (QED) is 0.730. The fourth-order valence-corrected chi connectivity index (χ4v) is 2.36. The molecule has 2 rings (SSSR count). The van der Waals surface area contributed by atoms with Gasteiger partial charge in [0.05, 0.1) is 12.2 Å². The zero-order chi connectivity index (χ0) is 19.5. The normalized spacial score (nSPS) is 12.2. The Morgan fingerprint density at radius 2 is 2.00 bits per heavy atom. The van der Waals surface area contributed by atoms with E-state index >= 15 is 0 Å². The number of hydrogen-bond donors (Lipinski definition) is 2. The van der Waals surface area contributed by atoms with Crippen LogP contribution in [0.25, 0.3) is 0 Å². The SMILES string of the molecule is C=C(/C=C\C(=C)C(=C)CCNC)NC(=O)N1Cc2cccnc2C1.CC. The lowest BCUT2D eigenvalue weighted by molar-refractivity contribution is 0.201. The summed E-state index contributed by atoms with van der Waals surface area (Å²) in [4.78, 5) is 18.3. The molecule has 1 aromatic heterocycles. The van der Waals surface area contributed by atoms with Crippen LogP contribution in [0.1, 0.15) is 31.5 Å². The van der Waals surface area contributed by atoms with Gasteiger partial charge in [0, 0.05) is 18.4 Å². The number of amides is 2. The first-order valence-corrected chi connectivity index (χ1v) is 8.88. The standard InChI is InChI=1S/C19H24N4O.C2H6/c1-14(15(2)9-11-20-4)7-8-16(3)22-19(24)23-12-17-6-5-10-21-18(17)13-23;1-2/h5-8,10,20H,1-3,9,11-13H2,4H3,(H,22,24);1-2H3/b8-7-;. The van der Waals surface area contributed by atoms with E-state index in [9.17, 15) is 4.79 Å². The Morgan fingerprint density at radius 3 is 2.65 bits per heavy atom. The highest BCUT2D eigenvalue weighted by Crippen LogP contribution is 2.20. The molecular formula is C21H30N4O. The summed E-state index contributed by atoms with van der Waals surface area (Å²) in [5, 5.41) is 5.86. The fraction of sp³-hybridized carbons (Fsp3) is 0.333. The van der Waals surface area contributed by atoms with Crippen molar-refractivity contribution in [1.29, 1.82) is 0 Å². The average molecular weight is 354 g/mol. The molecule has 0 fully saturated rings. The predicted octanol–water partition coefficient (Wildman–Crippen LogP) is 3.92. The topological polar surface area (TPSA) is 57.3 Å². The van der Waals surface area contributed by atoms with Crippen LogP contribution < -0.4 is 10.6 Å². The van der Waals surface area contributed by atoms with Crippen molar-refractivity contribution in [3.8, 4) is 0 Å². The molecular weight excluding hydrogens is 324 g/mol. The zero-order valence-electron chi connectivity index (χ0n) is 16.1. The number of carbonyl (C=O) groups excluding carboxylic acids is 1. The van der Waals surface area contributed by atoms with E-state index in [-0.39, 0.29) is 6.03 Å². The van der Waals surface area contributed by atoms with Gasteiger partial charge in [-0.15, -0.1) is 0 Å². The fourth-order valence-electron chi connectivity index (χ4n) is 2.36. The van der Waals surface area contributed by atoms with Gasteiger partial charge in [0.1, 0.15) is 0 Å². The third-order valence-corrected chi connectivity index (χ3v) is 3.86. The van der Waals surface area contributed by atoms with Gasteiger partial charge in [-0.05, 0) is 48.9 Å². The Balaban J connectivity index is 0.00000163. The second-order valence-electron chi connectivity index (χ2n) is 5.74. The van der Waals surface area contributed by atoms with Gasteiger partial charge < -0.3 is 15.5 Å². The van der Waals surface area contributed by atoms with Gasteiger partial charge in [-0.1, -0.05) is 45.7 Å². The van der Waals surface area contributed by atoms with Crippen LogP contribution >= 0.6 is 0 Å². The minimum absolute atomic E-state index is 0.178. The van der Waals surface area contributed by atoms with Gasteiger partial charge >= 0.3 is 6.03 Å². The summed E-state index contributed by atoms with van der Waals surface area (Å²) in [5.41, 5.74) is 4.34. The van der Waals surface area contributed by atoms with E-state index in [1.165, 1.54) is 0 Å². The van der Waals surface area contributed by atoms with E-state index in [0.29, 0.717) is 18.8 Å². The number of pyridine rings is 1. The Hall–Kier alpha value is -2.66. The summed E-state index contributed by atoms with van der Waals surface area (Å²) >= 11 is 0. The van der Waals surface area contributed by atoms with E-state index in [1.807, 2.05) is 39.1 Å². The molecule has 5 heteroatoms. The van der Waals surface area contributed by atoms with Crippen LogP contribution in [0.15, 0.2) is 67.1 Å². The van der Waals surface area contributed by atoms with Crippen LogP contribution in [0.2, 0.25) is 0 Å². The van der Waals surface area contributed by atoms with Crippen molar-refractivity contribution in [2.45, 2.75) is 33.4 Å². The maximum absolute atomic E-state index is 12.3. The molecule has 0 spiro atoms. The predicted molar refractivity (Wildman–Crippen MR) is 108 cm³/mol. The maximum Gasteiger partial charge on any atom is 0.322 e. The van der Waals surface area contributed by atoms with Crippen molar-refractivity contribution in [2.75, 3.05) is 13.6 Å². The molecule has 140 valence electrons. The maximum atomic E-state index is 12.3. The number of nitrogens with one attached hydrogen (secondary N) is 2. The Kier molecular flexibility index (Phi) is 9.09. The molecule has 1 aromatic rings. The molecule has 0 unspecified atom stereocenters. The molecule has 0 aliphatic carbocycles. The number of nitrogens with zero attached hydrogens (tertiary/aromatic N) is 2. The van der Waals surface area contributed by atoms with Crippen LogP contribution in [0.3, 0.4) is 0 Å². The van der Waals surface area contributed by atoms with Crippen molar-refractivity contribution in [1.82, 2.24) is 20.5 Å². The number of allylic oxidation sites excluding steroid dienone is 3. The van der Waals surface area contributed by atoms with Crippen molar-refractivity contribution >= 4 is 6.03 Å². The summed E-state index contributed by atoms with van der Waals surface area (Å²) in [6, 6.07) is 3.70. The first-order valence-electron chi connectivity index (χ1n) is 8.88. The second-order valence-corrected chi connectivity index (χ2v) is 5.74. The molecule has 0 radical (unpaired) electrons. The van der Waals surface area contributed by atoms with Gasteiger partial charge in [0.2, 0.25) is 0 Å². The van der Waals surface area contributed by atoms with Gasteiger partial charge in [0.15, 0.2) is 0 Å². The van der Waals surface area contributed by atoms with Crippen LogP contribution in [0.5, 0.6) is 0 Å². The molecule has 26 heavy (non-hydrogen) atoms. The summed E-state index contributed by atoms with van der Waals surface area (Å²) in [6.07, 6.45) is 6.14. The Morgan fingerprint density at radius 1 is 1.27 bits per heavy atom. The zero-order valence-corrected chi connectivity index (χ0v) is 16.1. The first kappa shape index (κ1) is 21.4. The second kappa shape index (κ2) is 11.1. The monoisotopic (exact) mass is 354 g/mol. The molecule has 0 aromatic carbocycles. The molecule has 2 N–H and O–H groups in total. The minimum atomic E-state index is -0.178. The Labute approximate surface area is 157 Å². The number of aromatic nitrogens is 1. The summed E-state index contributed by atoms with van der Waals surface area (Å²) < 4.78 is 0. The summed E-state index contributed by atoms with van der Waals surface area (Å²) in [7, 11) is 1.90. The van der Waals surface area contributed by atoms with Gasteiger partial charge in [-0.25, -0.2) is 4.79 Å². The molecule has 0 bridgehead atoms. The third kappa shape index (κ3) is 6.33. The van der Waals surface area contributed by atoms with Gasteiger partial charge in [-0.2, -0.15) is 0 Å². The van der Waals surface area contributed by atoms with Gasteiger partial charge in [0.25, 0.3) is 0 Å². The number of fused-ring (bicyclic) bond motifs is 1. The van der Waals surface area contributed by atoms with Crippen molar-refractivity contribution in [3.63, 3.8) is 0 Å². The largest absolute Gasteiger partial charge is 0.322 e. The molecule has 0 saturated carbocycles. The van der Waals surface area contributed by atoms with Crippen molar-refractivity contribution in [2.24, 2.45) is 0 Å². The lowest BCUT2D eigenvalue weighted by Crippen LogP contribution is -2.35. The average Bonchev–Trinajstić information content (AvgIpc) is 3.10. The van der Waals surface area contributed by atoms with Gasteiger partial charge in [-0.3, -0.25) is 4.98 Å². The molecule has 2 amide bonds. The molecule has 5 nitrogen and oxygen atoms in total. The van der Waals surface area contributed by atoms with E-state index in [4.69, 9.17) is 0 Å². The third-order valence-electron chi connectivity index (χ3n) is 3.86. The number of urea groups is 1. The minimum Gasteiger partial charge on any atom is -0.319 e. The highest BCUT2D eigenvalue weighted by molar-refractivity contribution is 5.77. The number of hydrogen-bond acceptors (Lipinski definition) is 3. The van der Waals surface area contributed by atoms with Crippen LogP contribution in [-0.4, -0.2) is 29.5 Å². The van der Waals surface area contributed by atoms with E-state index in [2.05, 4.69) is 35.4 Å². The lowest BCUT2D eigenvalue weighted by atomic mass is 10.1. The molecule has 0 atom stereocenters. The number of carbonyl (C=O) groups is 1. The molecule has 0 saturated heterocycles. The van der Waals surface area contributed by atoms with Crippen LogP contribution in [0.4, 0.5) is 4.79 Å².